The van der Waals surface area contributed by atoms with E-state index in [0.29, 0.717) is 29.6 Å². The van der Waals surface area contributed by atoms with E-state index >= 15 is 0 Å². The van der Waals surface area contributed by atoms with E-state index in [4.69, 9.17) is 21.1 Å². The zero-order valence-corrected chi connectivity index (χ0v) is 23.1. The average molecular weight is 569 g/mol. The smallest absolute Gasteiger partial charge is 0.273 e. The maximum atomic E-state index is 13.1. The summed E-state index contributed by atoms with van der Waals surface area (Å²) in [6.45, 7) is 5.97. The van der Waals surface area contributed by atoms with Crippen LogP contribution in [0.1, 0.15) is 26.9 Å². The quantitative estimate of drug-likeness (QED) is 0.298. The van der Waals surface area contributed by atoms with E-state index in [1.165, 1.54) is 28.7 Å². The third-order valence-corrected chi connectivity index (χ3v) is 8.67. The van der Waals surface area contributed by atoms with Crippen molar-refractivity contribution in [3.63, 3.8) is 0 Å². The van der Waals surface area contributed by atoms with Gasteiger partial charge in [-0.3, -0.25) is 14.3 Å². The Balaban J connectivity index is 1.03. The van der Waals surface area contributed by atoms with Crippen molar-refractivity contribution < 1.29 is 14.3 Å². The molecule has 4 heterocycles. The first-order valence-corrected chi connectivity index (χ1v) is 14.4. The standard InChI is InChI=1S/C26H25ClN6O3S2/c1-17-29-30-26(33(17)20-4-2-3-19(27)12-20)38-15-24-28-21(14-37-24)25(34)32-9-7-31(8-10-32)13-18-5-6-22-23(11-18)36-16-35-22/h2-6,11-12,14H,7-10,13,15-16H2,1H3. The van der Waals surface area contributed by atoms with Crippen LogP contribution < -0.4 is 9.47 Å². The largest absolute Gasteiger partial charge is 0.454 e. The number of halogens is 1. The molecule has 38 heavy (non-hydrogen) atoms. The number of carbonyl (C=O) groups excluding carboxylic acids is 1. The Morgan fingerprint density at radius 1 is 1.08 bits per heavy atom. The van der Waals surface area contributed by atoms with Crippen LogP contribution in [0, 0.1) is 6.92 Å². The molecule has 2 aromatic heterocycles. The molecule has 0 unspecified atom stereocenters. The van der Waals surface area contributed by atoms with Crippen LogP contribution in [0.4, 0.5) is 0 Å². The molecule has 0 N–H and O–H groups in total. The van der Waals surface area contributed by atoms with Crippen LogP contribution in [0.5, 0.6) is 11.5 Å². The summed E-state index contributed by atoms with van der Waals surface area (Å²) < 4.78 is 12.9. The van der Waals surface area contributed by atoms with E-state index in [1.54, 1.807) is 0 Å². The van der Waals surface area contributed by atoms with E-state index in [0.717, 1.165) is 52.8 Å². The maximum Gasteiger partial charge on any atom is 0.273 e. The van der Waals surface area contributed by atoms with Crippen LogP contribution in [0.25, 0.3) is 5.69 Å². The van der Waals surface area contributed by atoms with E-state index in [2.05, 4.69) is 26.1 Å². The van der Waals surface area contributed by atoms with Gasteiger partial charge in [0, 0.05) is 43.1 Å². The molecule has 4 aromatic rings. The minimum absolute atomic E-state index is 0.0156. The molecular weight excluding hydrogens is 544 g/mol. The molecule has 2 aliphatic heterocycles. The van der Waals surface area contributed by atoms with Crippen molar-refractivity contribution in [3.05, 3.63) is 75.0 Å². The van der Waals surface area contributed by atoms with Crippen molar-refractivity contribution in [1.82, 2.24) is 29.5 Å². The number of piperazine rings is 1. The Morgan fingerprint density at radius 2 is 1.92 bits per heavy atom. The molecule has 0 radical (unpaired) electrons. The van der Waals surface area contributed by atoms with Crippen molar-refractivity contribution in [2.75, 3.05) is 33.0 Å². The molecule has 2 aliphatic rings. The third-order valence-electron chi connectivity index (χ3n) is 6.46. The third kappa shape index (κ3) is 5.37. The van der Waals surface area contributed by atoms with Crippen LogP contribution in [-0.4, -0.2) is 68.4 Å². The zero-order valence-electron chi connectivity index (χ0n) is 20.7. The van der Waals surface area contributed by atoms with E-state index in [9.17, 15) is 4.79 Å². The van der Waals surface area contributed by atoms with Gasteiger partial charge in [-0.25, -0.2) is 4.98 Å². The van der Waals surface area contributed by atoms with Crippen molar-refractivity contribution in [2.24, 2.45) is 0 Å². The molecule has 6 rings (SSSR count). The minimum Gasteiger partial charge on any atom is -0.454 e. The fourth-order valence-corrected chi connectivity index (χ4v) is 6.49. The second kappa shape index (κ2) is 10.9. The Labute approximate surface area is 233 Å². The molecule has 9 nitrogen and oxygen atoms in total. The second-order valence-corrected chi connectivity index (χ2v) is 11.3. The van der Waals surface area contributed by atoms with Gasteiger partial charge in [-0.2, -0.15) is 0 Å². The lowest BCUT2D eigenvalue weighted by atomic mass is 10.1. The first kappa shape index (κ1) is 25.2. The summed E-state index contributed by atoms with van der Waals surface area (Å²) in [6, 6.07) is 13.7. The Bertz CT molecular complexity index is 1470. The lowest BCUT2D eigenvalue weighted by molar-refractivity contribution is 0.0623. The number of aryl methyl sites for hydroxylation is 1. The fraction of sp³-hybridized carbons (Fsp3) is 0.308. The zero-order chi connectivity index (χ0) is 26.1. The number of carbonyl (C=O) groups is 1. The highest BCUT2D eigenvalue weighted by atomic mass is 35.5. The number of thiazole rings is 1. The number of rotatable bonds is 7. The Hall–Kier alpha value is -3.12. The van der Waals surface area contributed by atoms with Gasteiger partial charge < -0.3 is 14.4 Å². The SMILES string of the molecule is Cc1nnc(SCc2nc(C(=O)N3CCN(Cc4ccc5c(c4)OCO5)CC3)cs2)n1-c1cccc(Cl)c1. The maximum absolute atomic E-state index is 13.1. The lowest BCUT2D eigenvalue weighted by Crippen LogP contribution is -2.48. The number of benzene rings is 2. The average Bonchev–Trinajstić information content (AvgIpc) is 3.67. The van der Waals surface area contributed by atoms with Crippen LogP contribution >= 0.6 is 34.7 Å². The molecule has 0 saturated carbocycles. The van der Waals surface area contributed by atoms with Crippen molar-refractivity contribution >= 4 is 40.6 Å². The van der Waals surface area contributed by atoms with Gasteiger partial charge in [0.05, 0.1) is 11.4 Å². The van der Waals surface area contributed by atoms with Gasteiger partial charge in [-0.05, 0) is 42.8 Å². The molecule has 2 aromatic carbocycles. The summed E-state index contributed by atoms with van der Waals surface area (Å²) in [6.07, 6.45) is 0. The fourth-order valence-electron chi connectivity index (χ4n) is 4.52. The highest BCUT2D eigenvalue weighted by Crippen LogP contribution is 2.33. The molecule has 1 amide bonds. The summed E-state index contributed by atoms with van der Waals surface area (Å²) in [5, 5.41) is 12.7. The summed E-state index contributed by atoms with van der Waals surface area (Å²) in [5.74, 6) is 2.96. The van der Waals surface area contributed by atoms with Crippen LogP contribution in [0.3, 0.4) is 0 Å². The highest BCUT2D eigenvalue weighted by Gasteiger charge is 2.25. The normalized spacial score (nSPS) is 15.3. The first-order valence-electron chi connectivity index (χ1n) is 12.2. The number of hydrogen-bond donors (Lipinski definition) is 0. The summed E-state index contributed by atoms with van der Waals surface area (Å²) in [5.41, 5.74) is 2.59. The van der Waals surface area contributed by atoms with Crippen LogP contribution in [0.15, 0.2) is 53.0 Å². The predicted octanol–water partition coefficient (Wildman–Crippen LogP) is 4.66. The molecule has 1 fully saturated rings. The highest BCUT2D eigenvalue weighted by molar-refractivity contribution is 7.98. The monoisotopic (exact) mass is 568 g/mol. The predicted molar refractivity (Wildman–Crippen MR) is 147 cm³/mol. The Kier molecular flexibility index (Phi) is 7.24. The number of amides is 1. The molecule has 0 atom stereocenters. The molecular formula is C26H25ClN6O3S2. The van der Waals surface area contributed by atoms with Crippen LogP contribution in [0.2, 0.25) is 5.02 Å². The number of aromatic nitrogens is 4. The molecule has 0 spiro atoms. The number of thioether (sulfide) groups is 1. The van der Waals surface area contributed by atoms with Crippen molar-refractivity contribution in [1.29, 1.82) is 0 Å². The number of hydrogen-bond acceptors (Lipinski definition) is 9. The first-order chi connectivity index (χ1) is 18.5. The summed E-state index contributed by atoms with van der Waals surface area (Å²) in [7, 11) is 0. The van der Waals surface area contributed by atoms with E-state index in [-0.39, 0.29) is 12.7 Å². The number of nitrogens with zero attached hydrogens (tertiary/aromatic N) is 6. The molecule has 196 valence electrons. The lowest BCUT2D eigenvalue weighted by Gasteiger charge is -2.34. The van der Waals surface area contributed by atoms with Crippen molar-refractivity contribution in [3.8, 4) is 17.2 Å². The van der Waals surface area contributed by atoms with Gasteiger partial charge in [0.1, 0.15) is 16.5 Å². The Morgan fingerprint density at radius 3 is 2.76 bits per heavy atom. The summed E-state index contributed by atoms with van der Waals surface area (Å²) in [4.78, 5) is 22.0. The van der Waals surface area contributed by atoms with Gasteiger partial charge in [-0.1, -0.05) is 35.5 Å². The van der Waals surface area contributed by atoms with Gasteiger partial charge in [-0.15, -0.1) is 21.5 Å². The van der Waals surface area contributed by atoms with Gasteiger partial charge in [0.25, 0.3) is 5.91 Å². The van der Waals surface area contributed by atoms with E-state index in [1.807, 2.05) is 58.2 Å². The van der Waals surface area contributed by atoms with Crippen molar-refractivity contribution in [2.45, 2.75) is 24.4 Å². The van der Waals surface area contributed by atoms with Crippen LogP contribution in [-0.2, 0) is 12.3 Å². The molecule has 0 aliphatic carbocycles. The number of fused-ring (bicyclic) bond motifs is 1. The topological polar surface area (TPSA) is 85.6 Å². The molecule has 12 heteroatoms. The van der Waals surface area contributed by atoms with Gasteiger partial charge >= 0.3 is 0 Å². The van der Waals surface area contributed by atoms with E-state index < -0.39 is 0 Å². The summed E-state index contributed by atoms with van der Waals surface area (Å²) >= 11 is 9.21. The van der Waals surface area contributed by atoms with Gasteiger partial charge in [0.15, 0.2) is 16.7 Å². The molecule has 1 saturated heterocycles. The van der Waals surface area contributed by atoms with Gasteiger partial charge in [0.2, 0.25) is 6.79 Å². The minimum atomic E-state index is -0.0156. The number of ether oxygens (including phenoxy) is 2. The second-order valence-electron chi connectivity index (χ2n) is 9.02. The molecule has 0 bridgehead atoms.